The molecule has 2 N–H and O–H groups in total. The van der Waals surface area contributed by atoms with Crippen LogP contribution in [-0.2, 0) is 11.2 Å². The molecule has 1 heterocycles. The van der Waals surface area contributed by atoms with Crippen molar-refractivity contribution in [3.63, 3.8) is 0 Å². The molecule has 0 aliphatic rings. The lowest BCUT2D eigenvalue weighted by atomic mass is 10.2. The summed E-state index contributed by atoms with van der Waals surface area (Å²) in [4.78, 5) is 22.5. The van der Waals surface area contributed by atoms with Gasteiger partial charge in [-0.25, -0.2) is 0 Å². The summed E-state index contributed by atoms with van der Waals surface area (Å²) in [5, 5.41) is 15.0. The van der Waals surface area contributed by atoms with Gasteiger partial charge in [-0.1, -0.05) is 6.92 Å². The molecule has 1 unspecified atom stereocenters. The molecular weight excluding hydrogens is 242 g/mol. The first-order valence-corrected chi connectivity index (χ1v) is 5.80. The van der Waals surface area contributed by atoms with E-state index < -0.39 is 5.97 Å². The molecule has 0 aliphatic heterocycles. The minimum absolute atomic E-state index is 0.0298. The number of nitrogens with zero attached hydrogens (tertiary/aromatic N) is 2. The first-order valence-electron chi connectivity index (χ1n) is 5.39. The quantitative estimate of drug-likeness (QED) is 0.776. The number of carbonyl (C=O) groups is 1. The third-order valence-electron chi connectivity index (χ3n) is 2.58. The fourth-order valence-corrected chi connectivity index (χ4v) is 1.73. The Labute approximate surface area is 103 Å². The second-order valence-corrected chi connectivity index (χ2v) is 4.19. The zero-order chi connectivity index (χ0) is 13.0. The van der Waals surface area contributed by atoms with Crippen molar-refractivity contribution in [3.8, 4) is 0 Å². The van der Waals surface area contributed by atoms with Gasteiger partial charge in [0.1, 0.15) is 5.69 Å². The van der Waals surface area contributed by atoms with Gasteiger partial charge in [-0.2, -0.15) is 5.10 Å². The van der Waals surface area contributed by atoms with Crippen molar-refractivity contribution in [2.24, 2.45) is 0 Å². The summed E-state index contributed by atoms with van der Waals surface area (Å²) >= 11 is 5.01. The van der Waals surface area contributed by atoms with Crippen molar-refractivity contribution in [3.05, 3.63) is 20.8 Å². The largest absolute Gasteiger partial charge is 0.481 e. The number of aromatic nitrogens is 3. The number of rotatable bonds is 5. The van der Waals surface area contributed by atoms with Gasteiger partial charge in [0.15, 0.2) is 4.77 Å². The van der Waals surface area contributed by atoms with Crippen molar-refractivity contribution in [1.82, 2.24) is 14.8 Å². The molecule has 6 nitrogen and oxygen atoms in total. The van der Waals surface area contributed by atoms with E-state index in [1.807, 2.05) is 13.8 Å². The zero-order valence-electron chi connectivity index (χ0n) is 9.77. The SMILES string of the molecule is CCC(C)n1c(=S)[nH]nc(CCC(=O)O)c1=O. The Morgan fingerprint density at radius 1 is 1.65 bits per heavy atom. The Morgan fingerprint density at radius 2 is 2.29 bits per heavy atom. The van der Waals surface area contributed by atoms with Gasteiger partial charge in [0.25, 0.3) is 5.56 Å². The molecule has 0 aliphatic carbocycles. The van der Waals surface area contributed by atoms with Crippen LogP contribution in [0.3, 0.4) is 0 Å². The molecule has 0 fully saturated rings. The molecule has 0 saturated carbocycles. The molecule has 94 valence electrons. The highest BCUT2D eigenvalue weighted by atomic mass is 32.1. The number of nitrogens with one attached hydrogen (secondary N) is 1. The second-order valence-electron chi connectivity index (χ2n) is 3.80. The van der Waals surface area contributed by atoms with Gasteiger partial charge in [-0.05, 0) is 25.6 Å². The Kier molecular flexibility index (Phi) is 4.56. The third kappa shape index (κ3) is 3.23. The Balaban J connectivity index is 3.15. The Hall–Kier alpha value is -1.50. The average molecular weight is 257 g/mol. The summed E-state index contributed by atoms with van der Waals surface area (Å²) in [6, 6.07) is -0.0298. The van der Waals surface area contributed by atoms with E-state index in [0.717, 1.165) is 6.42 Å². The molecule has 1 rings (SSSR count). The van der Waals surface area contributed by atoms with E-state index in [1.54, 1.807) is 0 Å². The van der Waals surface area contributed by atoms with Crippen molar-refractivity contribution in [1.29, 1.82) is 0 Å². The lowest BCUT2D eigenvalue weighted by Crippen LogP contribution is -2.29. The van der Waals surface area contributed by atoms with Crippen molar-refractivity contribution in [2.45, 2.75) is 39.2 Å². The topological polar surface area (TPSA) is 88.0 Å². The maximum absolute atomic E-state index is 12.0. The minimum Gasteiger partial charge on any atom is -0.481 e. The number of carboxylic acids is 1. The van der Waals surface area contributed by atoms with Crippen molar-refractivity contribution in [2.75, 3.05) is 0 Å². The summed E-state index contributed by atoms with van der Waals surface area (Å²) in [6.07, 6.45) is 0.754. The van der Waals surface area contributed by atoms with E-state index in [-0.39, 0.29) is 34.9 Å². The van der Waals surface area contributed by atoms with Crippen LogP contribution >= 0.6 is 12.2 Å². The summed E-state index contributed by atoms with van der Waals surface area (Å²) in [5.41, 5.74) is -0.0920. The first-order chi connectivity index (χ1) is 7.97. The number of hydrogen-bond donors (Lipinski definition) is 2. The average Bonchev–Trinajstić information content (AvgIpc) is 2.27. The standard InChI is InChI=1S/C10H15N3O3S/c1-3-6(2)13-9(16)7(4-5-8(14)15)11-12-10(13)17/h6H,3-5H2,1-2H3,(H,12,17)(H,14,15). The Bertz CT molecular complexity index is 520. The molecule has 1 atom stereocenters. The van der Waals surface area contributed by atoms with Crippen LogP contribution in [0.1, 0.15) is 38.4 Å². The normalized spacial score (nSPS) is 12.4. The van der Waals surface area contributed by atoms with Gasteiger partial charge >= 0.3 is 5.97 Å². The van der Waals surface area contributed by atoms with Crippen LogP contribution in [0, 0.1) is 4.77 Å². The minimum atomic E-state index is -0.955. The van der Waals surface area contributed by atoms with Crippen LogP contribution in [-0.4, -0.2) is 25.8 Å². The number of hydrogen-bond acceptors (Lipinski definition) is 4. The summed E-state index contributed by atoms with van der Waals surface area (Å²) in [7, 11) is 0. The molecular formula is C10H15N3O3S. The van der Waals surface area contributed by atoms with E-state index in [0.29, 0.717) is 0 Å². The predicted molar refractivity (Wildman–Crippen MR) is 64.6 cm³/mol. The number of carboxylic acid groups (broad SMARTS) is 1. The fourth-order valence-electron chi connectivity index (χ4n) is 1.42. The Morgan fingerprint density at radius 3 is 2.82 bits per heavy atom. The lowest BCUT2D eigenvalue weighted by molar-refractivity contribution is -0.136. The smallest absolute Gasteiger partial charge is 0.303 e. The van der Waals surface area contributed by atoms with Gasteiger partial charge in [0.2, 0.25) is 0 Å². The molecule has 0 aromatic carbocycles. The molecule has 1 aromatic rings. The summed E-state index contributed by atoms with van der Waals surface area (Å²) in [6.45, 7) is 3.83. The fraction of sp³-hybridized carbons (Fsp3) is 0.600. The van der Waals surface area contributed by atoms with Crippen LogP contribution in [0.4, 0.5) is 0 Å². The molecule has 0 amide bonds. The molecule has 17 heavy (non-hydrogen) atoms. The van der Waals surface area contributed by atoms with E-state index >= 15 is 0 Å². The highest BCUT2D eigenvalue weighted by Gasteiger charge is 2.12. The highest BCUT2D eigenvalue weighted by Crippen LogP contribution is 2.07. The maximum Gasteiger partial charge on any atom is 0.303 e. The van der Waals surface area contributed by atoms with Crippen LogP contribution in [0.15, 0.2) is 4.79 Å². The number of aromatic amines is 1. The van der Waals surface area contributed by atoms with Gasteiger partial charge in [0.05, 0.1) is 6.42 Å². The molecule has 0 spiro atoms. The molecule has 0 radical (unpaired) electrons. The number of aryl methyl sites for hydroxylation is 1. The van der Waals surface area contributed by atoms with E-state index in [4.69, 9.17) is 17.3 Å². The predicted octanol–water partition coefficient (Wildman–Crippen LogP) is 1.29. The van der Waals surface area contributed by atoms with E-state index in [9.17, 15) is 9.59 Å². The van der Waals surface area contributed by atoms with Crippen LogP contribution in [0.25, 0.3) is 0 Å². The molecule has 0 saturated heterocycles. The van der Waals surface area contributed by atoms with Crippen LogP contribution in [0.5, 0.6) is 0 Å². The van der Waals surface area contributed by atoms with Crippen molar-refractivity contribution < 1.29 is 9.90 Å². The van der Waals surface area contributed by atoms with Gasteiger partial charge in [0, 0.05) is 12.5 Å². The van der Waals surface area contributed by atoms with Crippen molar-refractivity contribution >= 4 is 18.2 Å². The number of H-pyrrole nitrogens is 1. The van der Waals surface area contributed by atoms with Crippen LogP contribution in [0.2, 0.25) is 0 Å². The van der Waals surface area contributed by atoms with E-state index in [1.165, 1.54) is 4.57 Å². The summed E-state index contributed by atoms with van der Waals surface area (Å²) < 4.78 is 1.71. The maximum atomic E-state index is 12.0. The van der Waals surface area contributed by atoms with Gasteiger partial charge < -0.3 is 5.11 Å². The molecule has 0 bridgehead atoms. The van der Waals surface area contributed by atoms with E-state index in [2.05, 4.69) is 10.2 Å². The van der Waals surface area contributed by atoms with Crippen LogP contribution < -0.4 is 5.56 Å². The zero-order valence-corrected chi connectivity index (χ0v) is 10.6. The third-order valence-corrected chi connectivity index (χ3v) is 2.87. The highest BCUT2D eigenvalue weighted by molar-refractivity contribution is 7.71. The first kappa shape index (κ1) is 13.6. The van der Waals surface area contributed by atoms with Gasteiger partial charge in [-0.3, -0.25) is 19.3 Å². The molecule has 1 aromatic heterocycles. The second kappa shape index (κ2) is 5.72. The lowest BCUT2D eigenvalue weighted by Gasteiger charge is -2.13. The monoisotopic (exact) mass is 257 g/mol. The number of aliphatic carboxylic acids is 1. The summed E-state index contributed by atoms with van der Waals surface area (Å²) in [5.74, 6) is -0.955. The van der Waals surface area contributed by atoms with Gasteiger partial charge in [-0.15, -0.1) is 0 Å². The molecule has 7 heteroatoms.